The van der Waals surface area contributed by atoms with Crippen molar-refractivity contribution in [2.75, 3.05) is 0 Å². The topological polar surface area (TPSA) is 0 Å². The fraction of sp³-hybridized carbons (Fsp3) is 0. The summed E-state index contributed by atoms with van der Waals surface area (Å²) in [5, 5.41) is 0. The van der Waals surface area contributed by atoms with Gasteiger partial charge in [-0.1, -0.05) is 0 Å². The third-order valence-corrected chi connectivity index (χ3v) is 0. The van der Waals surface area contributed by atoms with Gasteiger partial charge >= 0.3 is 0 Å². The molecule has 0 nitrogen and oxygen atoms in total. The predicted molar refractivity (Wildman–Crippen MR) is 39.4 cm³/mol. The number of hydrogen-bond acceptors (Lipinski definition) is 0. The Hall–Kier alpha value is -0.208. The van der Waals surface area contributed by atoms with Crippen molar-refractivity contribution >= 4 is 0 Å². The third-order valence-electron chi connectivity index (χ3n) is 0. The monoisotopic (exact) mass is 652 g/mol. The molecule has 0 radical (unpaired) electrons. The summed E-state index contributed by atoms with van der Waals surface area (Å²) in [5.41, 5.74) is 0. The Morgan fingerprint density at radius 1 is 0.200 bits per heavy atom. The number of rotatable bonds is 0. The zero-order valence-electron chi connectivity index (χ0n) is 10.3. The van der Waals surface area contributed by atoms with Crippen LogP contribution < -0.4 is 0 Å². The summed E-state index contributed by atoms with van der Waals surface area (Å²) in [6.07, 6.45) is 0. The average Bonchev–Trinajstić information content (AvgIpc) is 2.08. The van der Waals surface area contributed by atoms with Crippen LogP contribution in [0.1, 0.15) is 0 Å². The van der Waals surface area contributed by atoms with Crippen LogP contribution in [0, 0.1) is 71.2 Å². The first-order chi connectivity index (χ1) is 10.4. The Labute approximate surface area is 150 Å². The molecule has 0 saturated carbocycles. The smallest absolute Gasteiger partial charge is 0.154 e. The summed E-state index contributed by atoms with van der Waals surface area (Å²) < 4.78 is 173. The van der Waals surface area contributed by atoms with Crippen molar-refractivity contribution in [2.24, 2.45) is 0 Å². The van der Waals surface area contributed by atoms with Crippen molar-refractivity contribution in [3.05, 3.63) is 40.1 Å². The summed E-state index contributed by atoms with van der Waals surface area (Å²) in [6.45, 7) is -18.5. The molecule has 0 atom stereocenters. The van der Waals surface area contributed by atoms with Crippen LogP contribution >= 0.6 is 0 Å². The second-order valence-electron chi connectivity index (χ2n) is 1.29. The molecule has 0 unspecified atom stereocenters. The molecule has 0 aromatic heterocycles. The maximum atomic E-state index is 9.58. The molecule has 25 heavy (non-hydrogen) atoms. The number of halogens is 18. The van der Waals surface area contributed by atoms with Crippen LogP contribution in [0.25, 0.3) is 0 Å². The molecule has 0 amide bonds. The molecule has 0 aliphatic carbocycles. The zero-order valence-corrected chi connectivity index (χ0v) is 14.5. The quantitative estimate of drug-likeness (QED) is 0.184. The Kier molecular flexibility index (Phi) is 69.2. The second kappa shape index (κ2) is 39.0. The van der Waals surface area contributed by atoms with E-state index >= 15 is 0 Å². The average molecular weight is 652 g/mol. The van der Waals surface area contributed by atoms with Gasteiger partial charge < -0.3 is 79.0 Å². The van der Waals surface area contributed by atoms with Crippen molar-refractivity contribution < 1.29 is 110 Å². The van der Waals surface area contributed by atoms with Gasteiger partial charge in [-0.3, -0.25) is 0 Å². The van der Waals surface area contributed by atoms with Gasteiger partial charge in [0, 0.05) is 31.1 Å². The van der Waals surface area contributed by atoms with Gasteiger partial charge in [0.1, 0.15) is 0 Å². The van der Waals surface area contributed by atoms with Gasteiger partial charge in [-0.25, -0.2) is 0 Å². The van der Waals surface area contributed by atoms with Crippen molar-refractivity contribution in [3.63, 3.8) is 0 Å². The van der Waals surface area contributed by atoms with Gasteiger partial charge in [0.2, 0.25) is 0 Å². The molecule has 0 bridgehead atoms. The standard InChI is InChI=1S/6CF3.U/c6*2-1(3)4;/q6*-1;. The van der Waals surface area contributed by atoms with Crippen molar-refractivity contribution in [2.45, 2.75) is 0 Å². The minimum Gasteiger partial charge on any atom is -0.385 e. The summed E-state index contributed by atoms with van der Waals surface area (Å²) in [6, 6.07) is 0. The van der Waals surface area contributed by atoms with E-state index in [0.717, 1.165) is 0 Å². The SMILES string of the molecule is F[C-](F)F.F[C-](F)F.F[C-](F)F.F[C-](F)F.F[C-](F)F.F[C-](F)F.[U]. The van der Waals surface area contributed by atoms with Gasteiger partial charge in [-0.15, -0.1) is 0 Å². The Morgan fingerprint density at radius 3 is 0.200 bits per heavy atom. The van der Waals surface area contributed by atoms with E-state index in [1.807, 2.05) is 0 Å². The molecule has 0 rings (SSSR count). The third kappa shape index (κ3) is 261000. The van der Waals surface area contributed by atoms with E-state index in [1.165, 1.54) is 0 Å². The first kappa shape index (κ1) is 44.3. The zero-order chi connectivity index (χ0) is 21.5. The molecule has 0 aromatic rings. The van der Waals surface area contributed by atoms with E-state index in [4.69, 9.17) is 0 Å². The maximum absolute atomic E-state index is 9.58. The fourth-order valence-corrected chi connectivity index (χ4v) is 0. The predicted octanol–water partition coefficient (Wildman–Crippen LogP) is 8.05. The molecule has 160 valence electrons. The second-order valence-corrected chi connectivity index (χ2v) is 1.29. The molecule has 0 aliphatic rings. The van der Waals surface area contributed by atoms with Crippen LogP contribution in [-0.2, 0) is 0 Å². The van der Waals surface area contributed by atoms with Crippen LogP contribution in [0.3, 0.4) is 0 Å². The first-order valence-corrected chi connectivity index (χ1v) is 3.40. The summed E-state index contributed by atoms with van der Waals surface area (Å²) in [5.74, 6) is 0. The molecule has 0 N–H and O–H groups in total. The molecule has 0 fully saturated rings. The van der Waals surface area contributed by atoms with Gasteiger partial charge in [0.05, 0.1) is 0 Å². The van der Waals surface area contributed by atoms with Crippen LogP contribution in [0.2, 0.25) is 0 Å². The maximum Gasteiger partial charge on any atom is 0.154 e. The van der Waals surface area contributed by atoms with Crippen molar-refractivity contribution in [3.8, 4) is 0 Å². The van der Waals surface area contributed by atoms with Gasteiger partial charge in [0.25, 0.3) is 0 Å². The van der Waals surface area contributed by atoms with E-state index < -0.39 is 40.1 Å². The van der Waals surface area contributed by atoms with Gasteiger partial charge in [-0.05, 0) is 0 Å². The molecule has 0 aliphatic heterocycles. The van der Waals surface area contributed by atoms with Crippen LogP contribution in [0.15, 0.2) is 0 Å². The van der Waals surface area contributed by atoms with E-state index in [-0.39, 0.29) is 31.1 Å². The van der Waals surface area contributed by atoms with Crippen molar-refractivity contribution in [1.29, 1.82) is 0 Å². The Balaban J connectivity index is -0.0000000309. The fourth-order valence-electron chi connectivity index (χ4n) is 0. The molecular weight excluding hydrogens is 652 g/mol. The van der Waals surface area contributed by atoms with Gasteiger partial charge in [-0.2, -0.15) is 0 Å². The van der Waals surface area contributed by atoms with Gasteiger partial charge in [0.15, 0.2) is 40.1 Å². The summed E-state index contributed by atoms with van der Waals surface area (Å²) >= 11 is 0. The van der Waals surface area contributed by atoms with E-state index in [0.29, 0.717) is 0 Å². The minimum atomic E-state index is -3.08. The molecule has 0 aromatic carbocycles. The summed E-state index contributed by atoms with van der Waals surface area (Å²) in [4.78, 5) is 0. The molecule has 0 heterocycles. The van der Waals surface area contributed by atoms with Crippen LogP contribution in [-0.4, -0.2) is 0 Å². The van der Waals surface area contributed by atoms with E-state index in [9.17, 15) is 79.0 Å². The largest absolute Gasteiger partial charge is 0.385 e. The van der Waals surface area contributed by atoms with E-state index in [1.54, 1.807) is 0 Å². The van der Waals surface area contributed by atoms with Crippen molar-refractivity contribution in [1.82, 2.24) is 0 Å². The Morgan fingerprint density at radius 2 is 0.200 bits per heavy atom. The van der Waals surface area contributed by atoms with Crippen LogP contribution in [0.5, 0.6) is 0 Å². The van der Waals surface area contributed by atoms with Crippen LogP contribution in [0.4, 0.5) is 79.0 Å². The summed E-state index contributed by atoms with van der Waals surface area (Å²) in [7, 11) is 0. The first-order valence-electron chi connectivity index (χ1n) is 3.40. The Bertz CT molecular complexity index is 101. The van der Waals surface area contributed by atoms with E-state index in [2.05, 4.69) is 0 Å². The molecule has 0 spiro atoms. The number of hydrogen-bond donors (Lipinski definition) is 0. The molecular formula is C6F18U-6. The molecule has 19 heteroatoms. The minimum absolute atomic E-state index is 0. The molecule has 0 saturated heterocycles. The normalized spacial score (nSPS) is 8.64.